The molecule has 0 bridgehead atoms. The summed E-state index contributed by atoms with van der Waals surface area (Å²) in [6, 6.07) is 6.26. The molecule has 0 spiro atoms. The molecule has 1 aromatic heterocycles. The first-order valence-corrected chi connectivity index (χ1v) is 18.7. The number of H-pyrrole nitrogens is 1. The molecule has 15 nitrogen and oxygen atoms in total. The van der Waals surface area contributed by atoms with Gasteiger partial charge in [-0.3, -0.25) is 39.3 Å². The molecule has 4 fully saturated rings. The highest BCUT2D eigenvalue weighted by Gasteiger charge is 2.45. The van der Waals surface area contributed by atoms with Gasteiger partial charge in [-0.1, -0.05) is 0 Å². The number of aromatic nitrogens is 2. The summed E-state index contributed by atoms with van der Waals surface area (Å²) in [5.41, 5.74) is 2.42. The lowest BCUT2D eigenvalue weighted by Gasteiger charge is -2.38. The van der Waals surface area contributed by atoms with Crippen molar-refractivity contribution in [2.24, 2.45) is 11.8 Å². The molecule has 0 radical (unpaired) electrons. The summed E-state index contributed by atoms with van der Waals surface area (Å²) in [5.74, 6) is -0.806. The molecule has 1 saturated carbocycles. The van der Waals surface area contributed by atoms with E-state index >= 15 is 0 Å². The maximum absolute atomic E-state index is 13.3. The summed E-state index contributed by atoms with van der Waals surface area (Å²) < 4.78 is 5.55. The van der Waals surface area contributed by atoms with Gasteiger partial charge in [0.1, 0.15) is 12.1 Å². The van der Waals surface area contributed by atoms with Gasteiger partial charge in [-0.15, -0.1) is 0 Å². The minimum atomic E-state index is -0.975. The Morgan fingerprint density at radius 2 is 1.67 bits per heavy atom. The van der Waals surface area contributed by atoms with Gasteiger partial charge in [0.05, 0.1) is 11.1 Å². The Balaban J connectivity index is 0.833. The lowest BCUT2D eigenvalue weighted by atomic mass is 9.92. The average Bonchev–Trinajstić information content (AvgIpc) is 3.84. The third kappa shape index (κ3) is 7.69. The highest BCUT2D eigenvalue weighted by Crippen LogP contribution is 2.36. The molecule has 7 rings (SSSR count). The van der Waals surface area contributed by atoms with Crippen LogP contribution in [0.2, 0.25) is 0 Å². The molecule has 6 amide bonds. The van der Waals surface area contributed by atoms with Crippen molar-refractivity contribution in [1.82, 2.24) is 30.6 Å². The molecule has 1 aromatic carbocycles. The predicted molar refractivity (Wildman–Crippen MR) is 190 cm³/mol. The molecular formula is C37H48N8O7. The van der Waals surface area contributed by atoms with Gasteiger partial charge in [-0.2, -0.15) is 5.10 Å². The normalized spacial score (nSPS) is 24.7. The number of nitrogens with zero attached hydrogens (tertiary/aromatic N) is 4. The van der Waals surface area contributed by atoms with Crippen LogP contribution in [0.4, 0.5) is 16.3 Å². The molecule has 4 aliphatic heterocycles. The maximum atomic E-state index is 13.3. The number of anilines is 2. The zero-order valence-corrected chi connectivity index (χ0v) is 29.8. The minimum absolute atomic E-state index is 0.00115. The van der Waals surface area contributed by atoms with E-state index in [1.54, 1.807) is 12.1 Å². The molecule has 3 saturated heterocycles. The number of rotatable bonds is 9. The van der Waals surface area contributed by atoms with Gasteiger partial charge in [-0.25, -0.2) is 4.79 Å². The van der Waals surface area contributed by atoms with Gasteiger partial charge in [0, 0.05) is 61.4 Å². The zero-order valence-electron chi connectivity index (χ0n) is 29.8. The van der Waals surface area contributed by atoms with Crippen LogP contribution in [-0.2, 0) is 19.1 Å². The number of carbonyl (C=O) groups excluding carboxylic acids is 6. The predicted octanol–water partition coefficient (Wildman–Crippen LogP) is 3.15. The van der Waals surface area contributed by atoms with Crippen LogP contribution in [0.25, 0.3) is 0 Å². The van der Waals surface area contributed by atoms with Crippen LogP contribution in [0, 0.1) is 11.8 Å². The molecule has 5 heterocycles. The standard InChI is InChI=1S/C37H48N8O7/c1-21(2)38-37(51)52-26-5-3-24(17-26)29-19-31(42-41-29)39-33(47)23-11-13-43(14-12-23)20-22-9-15-44(16-10-22)25-4-6-27-28(18-25)36(50)45(35(27)49)30-7-8-32(46)40-34(30)48/h4,6,18-19,21-24,26,30H,3,5,7-17,20H2,1-2H3,(H,38,51)(H,40,46,48)(H2,39,41,42,47)/t24-,26+,30?/m0/s1. The van der Waals surface area contributed by atoms with Crippen molar-refractivity contribution < 1.29 is 33.5 Å². The van der Waals surface area contributed by atoms with E-state index in [0.29, 0.717) is 17.3 Å². The Labute approximate surface area is 302 Å². The van der Waals surface area contributed by atoms with Crippen molar-refractivity contribution in [1.29, 1.82) is 0 Å². The number of hydrogen-bond donors (Lipinski definition) is 4. The zero-order chi connectivity index (χ0) is 36.5. The van der Waals surface area contributed by atoms with Crippen LogP contribution in [0.5, 0.6) is 0 Å². The number of ether oxygens (including phenoxy) is 1. The van der Waals surface area contributed by atoms with Gasteiger partial charge in [0.15, 0.2) is 5.82 Å². The van der Waals surface area contributed by atoms with Crippen molar-refractivity contribution in [3.63, 3.8) is 0 Å². The van der Waals surface area contributed by atoms with Crippen molar-refractivity contribution in [3.05, 3.63) is 41.1 Å². The van der Waals surface area contributed by atoms with Crippen LogP contribution in [-0.4, -0.2) is 107 Å². The summed E-state index contributed by atoms with van der Waals surface area (Å²) in [6.07, 6.45) is 5.68. The quantitative estimate of drug-likeness (QED) is 0.281. The van der Waals surface area contributed by atoms with E-state index in [4.69, 9.17) is 4.74 Å². The van der Waals surface area contributed by atoms with Crippen LogP contribution in [0.3, 0.4) is 0 Å². The Bertz CT molecular complexity index is 1730. The SMILES string of the molecule is CC(C)NC(=O)O[C@@H]1CC[C@H](c2cc(NC(=O)C3CCN(CC4CCN(c5ccc6c(c5)C(=O)N(C5CCC(=O)NC5=O)C6=O)CC4)CC3)n[nH]2)C1. The third-order valence-electron chi connectivity index (χ3n) is 11.2. The van der Waals surface area contributed by atoms with Crippen LogP contribution in [0.1, 0.15) is 104 Å². The summed E-state index contributed by atoms with van der Waals surface area (Å²) in [7, 11) is 0. The number of fused-ring (bicyclic) bond motifs is 1. The van der Waals surface area contributed by atoms with E-state index in [1.165, 1.54) is 0 Å². The van der Waals surface area contributed by atoms with Gasteiger partial charge in [0.2, 0.25) is 17.7 Å². The number of imide groups is 2. The van der Waals surface area contributed by atoms with E-state index in [2.05, 4.69) is 35.9 Å². The van der Waals surface area contributed by atoms with E-state index in [-0.39, 0.29) is 54.4 Å². The second kappa shape index (κ2) is 15.1. The number of hydrogen-bond acceptors (Lipinski definition) is 10. The van der Waals surface area contributed by atoms with Crippen LogP contribution < -0.4 is 20.9 Å². The second-order valence-corrected chi connectivity index (χ2v) is 15.2. The maximum Gasteiger partial charge on any atom is 0.407 e. The fourth-order valence-corrected chi connectivity index (χ4v) is 8.36. The van der Waals surface area contributed by atoms with E-state index in [1.807, 2.05) is 26.0 Å². The Morgan fingerprint density at radius 3 is 2.40 bits per heavy atom. The Kier molecular flexibility index (Phi) is 10.3. The summed E-state index contributed by atoms with van der Waals surface area (Å²) in [4.78, 5) is 81.2. The van der Waals surface area contributed by atoms with Crippen molar-refractivity contribution in [3.8, 4) is 0 Å². The largest absolute Gasteiger partial charge is 0.446 e. The smallest absolute Gasteiger partial charge is 0.407 e. The number of alkyl carbamates (subject to hydrolysis) is 1. The number of aromatic amines is 1. The molecular weight excluding hydrogens is 668 g/mol. The molecule has 2 aromatic rings. The van der Waals surface area contributed by atoms with E-state index in [9.17, 15) is 28.8 Å². The monoisotopic (exact) mass is 716 g/mol. The van der Waals surface area contributed by atoms with Crippen molar-refractivity contribution >= 4 is 47.1 Å². The molecule has 1 unspecified atom stereocenters. The lowest BCUT2D eigenvalue weighted by molar-refractivity contribution is -0.136. The summed E-state index contributed by atoms with van der Waals surface area (Å²) in [5, 5.41) is 15.4. The summed E-state index contributed by atoms with van der Waals surface area (Å²) in [6.45, 7) is 8.16. The van der Waals surface area contributed by atoms with Gasteiger partial charge < -0.3 is 25.2 Å². The number of amides is 6. The molecule has 1 aliphatic carbocycles. The number of benzene rings is 1. The number of piperidine rings is 3. The topological polar surface area (TPSA) is 186 Å². The van der Waals surface area contributed by atoms with Crippen molar-refractivity contribution in [2.75, 3.05) is 42.9 Å². The van der Waals surface area contributed by atoms with E-state index in [0.717, 1.165) is 94.0 Å². The highest BCUT2D eigenvalue weighted by atomic mass is 16.6. The molecule has 52 heavy (non-hydrogen) atoms. The van der Waals surface area contributed by atoms with E-state index < -0.39 is 29.7 Å². The number of likely N-dealkylation sites (tertiary alicyclic amines) is 1. The Morgan fingerprint density at radius 1 is 0.923 bits per heavy atom. The average molecular weight is 717 g/mol. The van der Waals surface area contributed by atoms with Gasteiger partial charge in [0.25, 0.3) is 11.8 Å². The first-order chi connectivity index (χ1) is 25.0. The first kappa shape index (κ1) is 35.6. The number of carbonyl (C=O) groups is 6. The Hall–Kier alpha value is -4.79. The van der Waals surface area contributed by atoms with Crippen LogP contribution >= 0.6 is 0 Å². The molecule has 278 valence electrons. The molecule has 15 heteroatoms. The van der Waals surface area contributed by atoms with Crippen molar-refractivity contribution in [2.45, 2.75) is 95.7 Å². The highest BCUT2D eigenvalue weighted by molar-refractivity contribution is 6.23. The van der Waals surface area contributed by atoms with Crippen LogP contribution in [0.15, 0.2) is 24.3 Å². The molecule has 3 atom stereocenters. The fraction of sp³-hybridized carbons (Fsp3) is 0.595. The van der Waals surface area contributed by atoms with Gasteiger partial charge in [-0.05, 0) is 102 Å². The summed E-state index contributed by atoms with van der Waals surface area (Å²) >= 11 is 0. The lowest BCUT2D eigenvalue weighted by Crippen LogP contribution is -2.54. The third-order valence-corrected chi connectivity index (χ3v) is 11.2. The number of nitrogens with one attached hydrogen (secondary N) is 4. The van der Waals surface area contributed by atoms with Gasteiger partial charge >= 0.3 is 6.09 Å². The molecule has 5 aliphatic rings. The molecule has 4 N–H and O–H groups in total. The second-order valence-electron chi connectivity index (χ2n) is 15.2. The first-order valence-electron chi connectivity index (χ1n) is 18.7. The fourth-order valence-electron chi connectivity index (χ4n) is 8.36. The minimum Gasteiger partial charge on any atom is -0.446 e.